The topological polar surface area (TPSA) is 62.5 Å². The van der Waals surface area contributed by atoms with Crippen LogP contribution in [0.5, 0.6) is 0 Å². The van der Waals surface area contributed by atoms with Crippen LogP contribution in [0.25, 0.3) is 21.5 Å². The van der Waals surface area contributed by atoms with Crippen molar-refractivity contribution < 1.29 is 9.32 Å². The molecular formula is C24H23ClN4O2S. The number of hydrogen-bond acceptors (Lipinski definition) is 6. The number of thiophene rings is 1. The average Bonchev–Trinajstić information content (AvgIpc) is 3.35. The first kappa shape index (κ1) is 21.1. The van der Waals surface area contributed by atoms with E-state index in [0.717, 1.165) is 47.3 Å². The molecule has 1 amide bonds. The standard InChI is InChI=1S/C24H23ClN4O2S/c25-19-7-8-21-20(14-19)18(16-32-21)13-23(30)29-10-4-9-28(11-12-29)15-22-26-24(31-27-22)17-5-2-1-3-6-17/h1-3,5-8,14,16H,4,9-13,15H2. The monoisotopic (exact) mass is 466 g/mol. The summed E-state index contributed by atoms with van der Waals surface area (Å²) in [6, 6.07) is 15.6. The van der Waals surface area contributed by atoms with Crippen molar-refractivity contribution in [2.24, 2.45) is 0 Å². The number of carbonyl (C=O) groups excluding carboxylic acids is 1. The van der Waals surface area contributed by atoms with Gasteiger partial charge in [0.1, 0.15) is 0 Å². The summed E-state index contributed by atoms with van der Waals surface area (Å²) < 4.78 is 6.59. The number of fused-ring (bicyclic) bond motifs is 1. The van der Waals surface area contributed by atoms with E-state index in [1.54, 1.807) is 11.3 Å². The molecule has 1 aliphatic heterocycles. The Hall–Kier alpha value is -2.74. The average molecular weight is 467 g/mol. The molecule has 1 fully saturated rings. The molecule has 0 spiro atoms. The summed E-state index contributed by atoms with van der Waals surface area (Å²) in [4.78, 5) is 21.8. The van der Waals surface area contributed by atoms with Gasteiger partial charge < -0.3 is 9.42 Å². The molecular weight excluding hydrogens is 444 g/mol. The summed E-state index contributed by atoms with van der Waals surface area (Å²) in [5.41, 5.74) is 1.97. The fraction of sp³-hybridized carbons (Fsp3) is 0.292. The lowest BCUT2D eigenvalue weighted by molar-refractivity contribution is -0.130. The first-order valence-electron chi connectivity index (χ1n) is 10.7. The van der Waals surface area contributed by atoms with Crippen molar-refractivity contribution in [3.63, 3.8) is 0 Å². The fourth-order valence-electron chi connectivity index (χ4n) is 4.06. The second-order valence-corrected chi connectivity index (χ2v) is 9.32. The van der Waals surface area contributed by atoms with Crippen molar-refractivity contribution in [3.05, 3.63) is 70.3 Å². The van der Waals surface area contributed by atoms with Gasteiger partial charge in [-0.1, -0.05) is 35.0 Å². The Balaban J connectivity index is 1.19. The largest absolute Gasteiger partial charge is 0.341 e. The second kappa shape index (κ2) is 9.40. The Morgan fingerprint density at radius 3 is 2.84 bits per heavy atom. The normalized spacial score (nSPS) is 15.2. The summed E-state index contributed by atoms with van der Waals surface area (Å²) in [6.07, 6.45) is 1.33. The van der Waals surface area contributed by atoms with Gasteiger partial charge >= 0.3 is 0 Å². The fourth-order valence-corrected chi connectivity index (χ4v) is 5.18. The van der Waals surface area contributed by atoms with E-state index in [1.165, 1.54) is 0 Å². The van der Waals surface area contributed by atoms with Crippen molar-refractivity contribution in [3.8, 4) is 11.5 Å². The molecule has 1 saturated heterocycles. The van der Waals surface area contributed by atoms with Gasteiger partial charge in [-0.2, -0.15) is 4.98 Å². The van der Waals surface area contributed by atoms with Gasteiger partial charge in [-0.15, -0.1) is 11.3 Å². The minimum Gasteiger partial charge on any atom is -0.341 e. The molecule has 4 aromatic rings. The first-order chi connectivity index (χ1) is 15.7. The predicted molar refractivity (Wildman–Crippen MR) is 127 cm³/mol. The molecule has 0 unspecified atom stereocenters. The lowest BCUT2D eigenvalue weighted by Crippen LogP contribution is -2.36. The third-order valence-electron chi connectivity index (χ3n) is 5.75. The molecule has 5 rings (SSSR count). The van der Waals surface area contributed by atoms with E-state index in [1.807, 2.05) is 53.4 Å². The molecule has 0 bridgehead atoms. The number of amides is 1. The van der Waals surface area contributed by atoms with Crippen molar-refractivity contribution in [2.45, 2.75) is 19.4 Å². The minimum atomic E-state index is 0.164. The van der Waals surface area contributed by atoms with Crippen LogP contribution in [0.1, 0.15) is 17.8 Å². The van der Waals surface area contributed by atoms with Gasteiger partial charge in [-0.25, -0.2) is 0 Å². The number of carbonyl (C=O) groups is 1. The van der Waals surface area contributed by atoms with E-state index in [9.17, 15) is 4.79 Å². The molecule has 0 saturated carbocycles. The third kappa shape index (κ3) is 4.70. The molecule has 2 aromatic carbocycles. The summed E-state index contributed by atoms with van der Waals surface area (Å²) >= 11 is 7.82. The maximum absolute atomic E-state index is 13.0. The van der Waals surface area contributed by atoms with Crippen LogP contribution < -0.4 is 0 Å². The SMILES string of the molecule is O=C(Cc1csc2ccc(Cl)cc12)N1CCCN(Cc2noc(-c3ccccc3)n2)CC1. The predicted octanol–water partition coefficient (Wildman–Crippen LogP) is 4.88. The Morgan fingerprint density at radius 1 is 1.09 bits per heavy atom. The van der Waals surface area contributed by atoms with Gasteiger partial charge in [0.05, 0.1) is 13.0 Å². The third-order valence-corrected chi connectivity index (χ3v) is 7.00. The molecule has 32 heavy (non-hydrogen) atoms. The lowest BCUT2D eigenvalue weighted by atomic mass is 10.1. The van der Waals surface area contributed by atoms with E-state index >= 15 is 0 Å². The molecule has 0 N–H and O–H groups in total. The van der Waals surface area contributed by atoms with Crippen LogP contribution in [0.4, 0.5) is 0 Å². The van der Waals surface area contributed by atoms with Crippen LogP contribution in [-0.4, -0.2) is 52.0 Å². The zero-order valence-corrected chi connectivity index (χ0v) is 19.1. The van der Waals surface area contributed by atoms with Crippen molar-refractivity contribution >= 4 is 38.9 Å². The molecule has 2 aromatic heterocycles. The maximum atomic E-state index is 13.0. The molecule has 0 aliphatic carbocycles. The van der Waals surface area contributed by atoms with E-state index < -0.39 is 0 Å². The Labute approximate surface area is 195 Å². The van der Waals surface area contributed by atoms with Crippen LogP contribution in [0, 0.1) is 0 Å². The zero-order valence-electron chi connectivity index (χ0n) is 17.5. The highest BCUT2D eigenvalue weighted by molar-refractivity contribution is 7.17. The quantitative estimate of drug-likeness (QED) is 0.419. The van der Waals surface area contributed by atoms with Crippen molar-refractivity contribution in [1.82, 2.24) is 19.9 Å². The molecule has 0 atom stereocenters. The van der Waals surface area contributed by atoms with E-state index in [-0.39, 0.29) is 5.91 Å². The lowest BCUT2D eigenvalue weighted by Gasteiger charge is -2.21. The molecule has 164 valence electrons. The highest BCUT2D eigenvalue weighted by Crippen LogP contribution is 2.29. The molecule has 0 radical (unpaired) electrons. The summed E-state index contributed by atoms with van der Waals surface area (Å²) in [6.45, 7) is 3.77. The highest BCUT2D eigenvalue weighted by atomic mass is 35.5. The molecule has 8 heteroatoms. The Bertz CT molecular complexity index is 1220. The number of halogens is 1. The van der Waals surface area contributed by atoms with Crippen LogP contribution >= 0.6 is 22.9 Å². The van der Waals surface area contributed by atoms with Gasteiger partial charge in [-0.3, -0.25) is 9.69 Å². The van der Waals surface area contributed by atoms with Crippen LogP contribution in [0.15, 0.2) is 58.4 Å². The smallest absolute Gasteiger partial charge is 0.257 e. The number of hydrogen-bond donors (Lipinski definition) is 0. The van der Waals surface area contributed by atoms with Gasteiger partial charge in [-0.05, 0) is 53.1 Å². The summed E-state index contributed by atoms with van der Waals surface area (Å²) in [5, 5.41) is 8.00. The van der Waals surface area contributed by atoms with Crippen LogP contribution in [-0.2, 0) is 17.8 Å². The molecule has 1 aliphatic rings. The van der Waals surface area contributed by atoms with E-state index in [4.69, 9.17) is 16.1 Å². The number of aromatic nitrogens is 2. The minimum absolute atomic E-state index is 0.164. The summed E-state index contributed by atoms with van der Waals surface area (Å²) in [7, 11) is 0. The van der Waals surface area contributed by atoms with Gasteiger partial charge in [0.25, 0.3) is 5.89 Å². The second-order valence-electron chi connectivity index (χ2n) is 7.97. The molecule has 3 heterocycles. The van der Waals surface area contributed by atoms with Crippen LogP contribution in [0.3, 0.4) is 0 Å². The summed E-state index contributed by atoms with van der Waals surface area (Å²) in [5.74, 6) is 1.37. The highest BCUT2D eigenvalue weighted by Gasteiger charge is 2.21. The number of rotatable bonds is 5. The van der Waals surface area contributed by atoms with E-state index in [0.29, 0.717) is 36.2 Å². The Morgan fingerprint density at radius 2 is 1.97 bits per heavy atom. The Kier molecular flexibility index (Phi) is 6.21. The zero-order chi connectivity index (χ0) is 21.9. The molecule has 6 nitrogen and oxygen atoms in total. The number of nitrogens with zero attached hydrogens (tertiary/aromatic N) is 4. The number of benzene rings is 2. The van der Waals surface area contributed by atoms with Crippen molar-refractivity contribution in [2.75, 3.05) is 26.2 Å². The van der Waals surface area contributed by atoms with Gasteiger partial charge in [0, 0.05) is 41.5 Å². The van der Waals surface area contributed by atoms with Crippen LogP contribution in [0.2, 0.25) is 5.02 Å². The van der Waals surface area contributed by atoms with E-state index in [2.05, 4.69) is 20.4 Å². The van der Waals surface area contributed by atoms with Gasteiger partial charge in [0.2, 0.25) is 5.91 Å². The van der Waals surface area contributed by atoms with Crippen molar-refractivity contribution in [1.29, 1.82) is 0 Å². The maximum Gasteiger partial charge on any atom is 0.257 e. The first-order valence-corrected chi connectivity index (χ1v) is 12.0. The van der Waals surface area contributed by atoms with Gasteiger partial charge in [0.15, 0.2) is 5.82 Å².